The summed E-state index contributed by atoms with van der Waals surface area (Å²) in [6.45, 7) is 9.52. The van der Waals surface area contributed by atoms with Crippen LogP contribution < -0.4 is 5.32 Å². The zero-order chi connectivity index (χ0) is 11.0. The van der Waals surface area contributed by atoms with Gasteiger partial charge >= 0.3 is 6.09 Å². The molecule has 0 spiro atoms. The van der Waals surface area contributed by atoms with Gasteiger partial charge in [0, 0.05) is 0 Å². The van der Waals surface area contributed by atoms with Gasteiger partial charge in [0.15, 0.2) is 0 Å². The van der Waals surface area contributed by atoms with Crippen molar-refractivity contribution in [2.75, 3.05) is 13.2 Å². The Labute approximate surface area is 84.6 Å². The van der Waals surface area contributed by atoms with E-state index in [1.54, 1.807) is 0 Å². The van der Waals surface area contributed by atoms with Crippen LogP contribution in [0.1, 0.15) is 20.8 Å². The van der Waals surface area contributed by atoms with Crippen molar-refractivity contribution in [2.45, 2.75) is 26.4 Å². The topological polar surface area (TPSA) is 47.6 Å². The quantitative estimate of drug-likeness (QED) is 0.427. The summed E-state index contributed by atoms with van der Waals surface area (Å²) in [5, 5.41) is 2.54. The SMILES string of the molecule is C=C=COCCNC(=O)OC(C)(C)C. The minimum atomic E-state index is -0.466. The number of ether oxygens (including phenoxy) is 2. The number of nitrogens with one attached hydrogen (secondary N) is 1. The molecule has 0 radical (unpaired) electrons. The molecule has 1 amide bonds. The first kappa shape index (κ1) is 12.6. The fraction of sp³-hybridized carbons (Fsp3) is 0.600. The van der Waals surface area contributed by atoms with Crippen LogP contribution in [0.3, 0.4) is 0 Å². The fourth-order valence-corrected chi connectivity index (χ4v) is 0.644. The van der Waals surface area contributed by atoms with Gasteiger partial charge in [-0.05, 0) is 20.8 Å². The van der Waals surface area contributed by atoms with Crippen LogP contribution in [-0.2, 0) is 9.47 Å². The highest BCUT2D eigenvalue weighted by Crippen LogP contribution is 2.05. The second kappa shape index (κ2) is 6.11. The van der Waals surface area contributed by atoms with Crippen LogP contribution in [0.15, 0.2) is 18.6 Å². The second-order valence-corrected chi connectivity index (χ2v) is 3.62. The molecule has 0 heterocycles. The Bertz CT molecular complexity index is 224. The Morgan fingerprint density at radius 2 is 2.21 bits per heavy atom. The molecule has 14 heavy (non-hydrogen) atoms. The zero-order valence-corrected chi connectivity index (χ0v) is 8.92. The van der Waals surface area contributed by atoms with Crippen LogP contribution in [0, 0.1) is 0 Å². The number of hydrogen-bond acceptors (Lipinski definition) is 3. The largest absolute Gasteiger partial charge is 0.491 e. The maximum atomic E-state index is 11.1. The average Bonchev–Trinajstić information content (AvgIpc) is 2.00. The van der Waals surface area contributed by atoms with E-state index in [-0.39, 0.29) is 0 Å². The molecule has 0 aliphatic heterocycles. The molecule has 0 unspecified atom stereocenters. The first-order valence-electron chi connectivity index (χ1n) is 4.38. The summed E-state index contributed by atoms with van der Waals surface area (Å²) in [5.74, 6) is 0. The molecule has 0 atom stereocenters. The molecular formula is C10H17NO3. The van der Waals surface area contributed by atoms with Gasteiger partial charge in [0.25, 0.3) is 0 Å². The van der Waals surface area contributed by atoms with Crippen LogP contribution in [0.5, 0.6) is 0 Å². The van der Waals surface area contributed by atoms with E-state index in [1.165, 1.54) is 6.26 Å². The van der Waals surface area contributed by atoms with Gasteiger partial charge in [-0.3, -0.25) is 0 Å². The minimum absolute atomic E-state index is 0.377. The molecule has 4 nitrogen and oxygen atoms in total. The number of carbonyl (C=O) groups excluding carboxylic acids is 1. The lowest BCUT2D eigenvalue weighted by Crippen LogP contribution is -2.34. The van der Waals surface area contributed by atoms with Crippen LogP contribution in [0.4, 0.5) is 4.79 Å². The molecular weight excluding hydrogens is 182 g/mol. The first-order valence-corrected chi connectivity index (χ1v) is 4.38. The van der Waals surface area contributed by atoms with Crippen molar-refractivity contribution in [1.82, 2.24) is 5.32 Å². The van der Waals surface area contributed by atoms with Crippen molar-refractivity contribution in [3.63, 3.8) is 0 Å². The van der Waals surface area contributed by atoms with E-state index in [0.29, 0.717) is 13.2 Å². The van der Waals surface area contributed by atoms with Crippen LogP contribution in [0.2, 0.25) is 0 Å². The highest BCUT2D eigenvalue weighted by Gasteiger charge is 2.15. The number of hydrogen-bond donors (Lipinski definition) is 1. The van der Waals surface area contributed by atoms with Gasteiger partial charge in [-0.1, -0.05) is 12.3 Å². The van der Waals surface area contributed by atoms with Gasteiger partial charge in [0.05, 0.1) is 6.54 Å². The summed E-state index contributed by atoms with van der Waals surface area (Å²) >= 11 is 0. The van der Waals surface area contributed by atoms with Crippen molar-refractivity contribution < 1.29 is 14.3 Å². The summed E-state index contributed by atoms with van der Waals surface area (Å²) in [6.07, 6.45) is 0.903. The van der Waals surface area contributed by atoms with Gasteiger partial charge in [-0.25, -0.2) is 4.79 Å². The molecule has 80 valence electrons. The predicted octanol–water partition coefficient (Wildman–Crippen LogP) is 1.83. The van der Waals surface area contributed by atoms with Crippen LogP contribution in [-0.4, -0.2) is 24.8 Å². The molecule has 0 aromatic rings. The van der Waals surface area contributed by atoms with Gasteiger partial charge < -0.3 is 14.8 Å². The average molecular weight is 199 g/mol. The Morgan fingerprint density at radius 1 is 1.57 bits per heavy atom. The molecule has 0 rings (SSSR count). The van der Waals surface area contributed by atoms with Crippen molar-refractivity contribution in [1.29, 1.82) is 0 Å². The molecule has 0 saturated heterocycles. The fourth-order valence-electron chi connectivity index (χ4n) is 0.644. The van der Waals surface area contributed by atoms with E-state index in [9.17, 15) is 4.79 Å². The summed E-state index contributed by atoms with van der Waals surface area (Å²) in [7, 11) is 0. The molecule has 0 fully saturated rings. The molecule has 0 aliphatic carbocycles. The van der Waals surface area contributed by atoms with Gasteiger partial charge in [-0.15, -0.1) is 0 Å². The third kappa shape index (κ3) is 8.68. The Kier molecular flexibility index (Phi) is 5.49. The minimum Gasteiger partial charge on any atom is -0.491 e. The third-order valence-electron chi connectivity index (χ3n) is 1.05. The predicted molar refractivity (Wildman–Crippen MR) is 53.9 cm³/mol. The number of rotatable bonds is 4. The number of amides is 1. The second-order valence-electron chi connectivity index (χ2n) is 3.62. The molecule has 1 N–H and O–H groups in total. The van der Waals surface area contributed by atoms with Crippen LogP contribution in [0.25, 0.3) is 0 Å². The van der Waals surface area contributed by atoms with E-state index in [1.807, 2.05) is 20.8 Å². The monoisotopic (exact) mass is 199 g/mol. The lowest BCUT2D eigenvalue weighted by atomic mass is 10.2. The molecule has 0 bridgehead atoms. The third-order valence-corrected chi connectivity index (χ3v) is 1.05. The van der Waals surface area contributed by atoms with E-state index in [0.717, 1.165) is 0 Å². The Balaban J connectivity index is 3.50. The standard InChI is InChI=1S/C10H17NO3/c1-5-7-13-8-6-11-9(12)14-10(2,3)4/h7H,1,6,8H2,2-4H3,(H,11,12). The van der Waals surface area contributed by atoms with Crippen molar-refractivity contribution in [2.24, 2.45) is 0 Å². The van der Waals surface area contributed by atoms with Crippen molar-refractivity contribution in [3.05, 3.63) is 18.6 Å². The Morgan fingerprint density at radius 3 is 2.71 bits per heavy atom. The molecule has 0 aromatic carbocycles. The summed E-state index contributed by atoms with van der Waals surface area (Å²) in [4.78, 5) is 11.1. The van der Waals surface area contributed by atoms with E-state index >= 15 is 0 Å². The molecule has 0 aliphatic rings. The maximum Gasteiger partial charge on any atom is 0.407 e. The smallest absolute Gasteiger partial charge is 0.407 e. The molecule has 0 saturated carbocycles. The molecule has 4 heteroatoms. The van der Waals surface area contributed by atoms with Gasteiger partial charge in [0.2, 0.25) is 0 Å². The summed E-state index contributed by atoms with van der Waals surface area (Å²) < 4.78 is 9.89. The highest BCUT2D eigenvalue weighted by molar-refractivity contribution is 5.67. The van der Waals surface area contributed by atoms with Gasteiger partial charge in [0.1, 0.15) is 18.5 Å². The first-order chi connectivity index (χ1) is 6.45. The van der Waals surface area contributed by atoms with E-state index < -0.39 is 11.7 Å². The number of carbonyl (C=O) groups is 1. The van der Waals surface area contributed by atoms with E-state index in [4.69, 9.17) is 9.47 Å². The van der Waals surface area contributed by atoms with Crippen molar-refractivity contribution >= 4 is 6.09 Å². The summed E-state index contributed by atoms with van der Waals surface area (Å²) in [6, 6.07) is 0. The normalized spacial score (nSPS) is 9.93. The van der Waals surface area contributed by atoms with Crippen LogP contribution >= 0.6 is 0 Å². The molecule has 0 aromatic heterocycles. The maximum absolute atomic E-state index is 11.1. The zero-order valence-electron chi connectivity index (χ0n) is 8.92. The van der Waals surface area contributed by atoms with Crippen molar-refractivity contribution in [3.8, 4) is 0 Å². The highest BCUT2D eigenvalue weighted by atomic mass is 16.6. The van der Waals surface area contributed by atoms with E-state index in [2.05, 4.69) is 17.6 Å². The lowest BCUT2D eigenvalue weighted by Gasteiger charge is -2.19. The Hall–Kier alpha value is -1.41. The number of alkyl carbamates (subject to hydrolysis) is 1. The lowest BCUT2D eigenvalue weighted by molar-refractivity contribution is 0.0516. The van der Waals surface area contributed by atoms with Gasteiger partial charge in [-0.2, -0.15) is 0 Å². The summed E-state index contributed by atoms with van der Waals surface area (Å²) in [5.41, 5.74) is 1.99.